The van der Waals surface area contributed by atoms with Gasteiger partial charge in [0, 0.05) is 31.0 Å². The molecule has 17 heavy (non-hydrogen) atoms. The molecule has 0 aliphatic carbocycles. The van der Waals surface area contributed by atoms with Crippen LogP contribution in [0.2, 0.25) is 0 Å². The highest BCUT2D eigenvalue weighted by atomic mass is 79.9. The molecule has 1 heterocycles. The first-order valence-electron chi connectivity index (χ1n) is 5.24. The highest BCUT2D eigenvalue weighted by molar-refractivity contribution is 9.10. The van der Waals surface area contributed by atoms with E-state index in [0.29, 0.717) is 11.8 Å². The van der Waals surface area contributed by atoms with Crippen molar-refractivity contribution in [3.05, 3.63) is 55.1 Å². The summed E-state index contributed by atoms with van der Waals surface area (Å²) in [4.78, 5) is 1.36. The molecular weight excluding hydrogens is 383 g/mol. The zero-order valence-corrected chi connectivity index (χ0v) is 13.7. The molecule has 0 spiro atoms. The minimum Gasteiger partial charge on any atom is -0.148 e. The third-order valence-corrected chi connectivity index (χ3v) is 5.42. The molecule has 0 saturated carbocycles. The fourth-order valence-corrected chi connectivity index (χ4v) is 4.17. The fraction of sp³-hybridized carbons (Fsp3) is 0.231. The Labute approximate surface area is 127 Å². The molecule has 1 atom stereocenters. The van der Waals surface area contributed by atoms with Crippen molar-refractivity contribution in [2.75, 3.05) is 5.88 Å². The van der Waals surface area contributed by atoms with Crippen molar-refractivity contribution in [3.8, 4) is 0 Å². The van der Waals surface area contributed by atoms with Crippen LogP contribution in [0, 0.1) is 0 Å². The lowest BCUT2D eigenvalue weighted by molar-refractivity contribution is 0.772. The first-order chi connectivity index (χ1) is 8.20. The SMILES string of the molecule is ClCC(Cc1cc(Br)cs1)c1ccccc1Br. The Bertz CT molecular complexity index is 496. The van der Waals surface area contributed by atoms with Crippen LogP contribution in [0.4, 0.5) is 0 Å². The number of thiophene rings is 1. The molecule has 0 amide bonds. The van der Waals surface area contributed by atoms with Gasteiger partial charge in [0.25, 0.3) is 0 Å². The van der Waals surface area contributed by atoms with E-state index in [4.69, 9.17) is 11.6 Å². The number of hydrogen-bond donors (Lipinski definition) is 0. The lowest BCUT2D eigenvalue weighted by Crippen LogP contribution is -2.04. The third kappa shape index (κ3) is 3.57. The van der Waals surface area contributed by atoms with Gasteiger partial charge < -0.3 is 0 Å². The van der Waals surface area contributed by atoms with Gasteiger partial charge >= 0.3 is 0 Å². The highest BCUT2D eigenvalue weighted by Crippen LogP contribution is 2.31. The number of halogens is 3. The molecule has 0 radical (unpaired) electrons. The Morgan fingerprint density at radius 1 is 1.24 bits per heavy atom. The average Bonchev–Trinajstić information content (AvgIpc) is 2.73. The van der Waals surface area contributed by atoms with E-state index in [-0.39, 0.29) is 0 Å². The van der Waals surface area contributed by atoms with Gasteiger partial charge in [0.1, 0.15) is 0 Å². The molecule has 0 N–H and O–H groups in total. The van der Waals surface area contributed by atoms with Gasteiger partial charge in [0.05, 0.1) is 0 Å². The standard InChI is InChI=1S/C13H11Br2ClS/c14-10-6-11(17-8-10)5-9(7-16)12-3-1-2-4-13(12)15/h1-4,6,8-9H,5,7H2. The average molecular weight is 395 g/mol. The zero-order chi connectivity index (χ0) is 12.3. The molecule has 0 bridgehead atoms. The maximum Gasteiger partial charge on any atom is 0.0296 e. The maximum absolute atomic E-state index is 6.10. The predicted molar refractivity (Wildman–Crippen MR) is 83.3 cm³/mol. The van der Waals surface area contributed by atoms with Gasteiger partial charge in [0.15, 0.2) is 0 Å². The van der Waals surface area contributed by atoms with Gasteiger partial charge in [-0.25, -0.2) is 0 Å². The van der Waals surface area contributed by atoms with Crippen LogP contribution in [0.5, 0.6) is 0 Å². The Kier molecular flexibility index (Phi) is 5.10. The van der Waals surface area contributed by atoms with Gasteiger partial charge in [-0.05, 0) is 40.0 Å². The van der Waals surface area contributed by atoms with E-state index in [0.717, 1.165) is 15.4 Å². The van der Waals surface area contributed by atoms with Crippen molar-refractivity contribution in [2.45, 2.75) is 12.3 Å². The molecule has 2 rings (SSSR count). The second-order valence-electron chi connectivity index (χ2n) is 3.81. The summed E-state index contributed by atoms with van der Waals surface area (Å²) < 4.78 is 2.29. The van der Waals surface area contributed by atoms with Crippen LogP contribution in [-0.2, 0) is 6.42 Å². The smallest absolute Gasteiger partial charge is 0.0296 e. The van der Waals surface area contributed by atoms with Crippen LogP contribution >= 0.6 is 54.8 Å². The third-order valence-electron chi connectivity index (χ3n) is 2.60. The molecule has 0 aliphatic rings. The summed E-state index contributed by atoms with van der Waals surface area (Å²) in [6.07, 6.45) is 0.988. The summed E-state index contributed by atoms with van der Waals surface area (Å²) in [5.74, 6) is 0.996. The Balaban J connectivity index is 2.20. The fourth-order valence-electron chi connectivity index (χ4n) is 1.76. The molecule has 1 unspecified atom stereocenters. The van der Waals surface area contributed by atoms with Gasteiger partial charge in [-0.1, -0.05) is 34.1 Å². The van der Waals surface area contributed by atoms with Crippen LogP contribution in [0.25, 0.3) is 0 Å². The monoisotopic (exact) mass is 392 g/mol. The summed E-state index contributed by atoms with van der Waals surface area (Å²) in [7, 11) is 0. The molecule has 1 aromatic heterocycles. The van der Waals surface area contributed by atoms with E-state index in [1.807, 2.05) is 6.07 Å². The minimum atomic E-state index is 0.359. The minimum absolute atomic E-state index is 0.359. The second-order valence-corrected chi connectivity index (χ2v) is 6.88. The summed E-state index contributed by atoms with van der Waals surface area (Å²) >= 11 is 15.0. The van der Waals surface area contributed by atoms with Gasteiger partial charge in [-0.15, -0.1) is 22.9 Å². The molecule has 0 fully saturated rings. The van der Waals surface area contributed by atoms with Crippen molar-refractivity contribution < 1.29 is 0 Å². The molecule has 4 heteroatoms. The van der Waals surface area contributed by atoms with Gasteiger partial charge in [-0.2, -0.15) is 0 Å². The number of rotatable bonds is 4. The number of hydrogen-bond acceptors (Lipinski definition) is 1. The molecule has 0 aliphatic heterocycles. The lowest BCUT2D eigenvalue weighted by Gasteiger charge is -2.15. The molecule has 1 aromatic carbocycles. The zero-order valence-electron chi connectivity index (χ0n) is 9.00. The number of benzene rings is 1. The quantitative estimate of drug-likeness (QED) is 0.572. The molecule has 0 saturated heterocycles. The van der Waals surface area contributed by atoms with Crippen LogP contribution in [-0.4, -0.2) is 5.88 Å². The van der Waals surface area contributed by atoms with Crippen molar-refractivity contribution in [2.24, 2.45) is 0 Å². The lowest BCUT2D eigenvalue weighted by atomic mass is 9.97. The second kappa shape index (κ2) is 6.37. The first-order valence-corrected chi connectivity index (χ1v) is 8.24. The summed E-state index contributed by atoms with van der Waals surface area (Å²) in [6.45, 7) is 0. The maximum atomic E-state index is 6.10. The largest absolute Gasteiger partial charge is 0.148 e. The van der Waals surface area contributed by atoms with E-state index >= 15 is 0 Å². The van der Waals surface area contributed by atoms with E-state index in [9.17, 15) is 0 Å². The Morgan fingerprint density at radius 3 is 2.59 bits per heavy atom. The van der Waals surface area contributed by atoms with Crippen LogP contribution in [0.15, 0.2) is 44.7 Å². The van der Waals surface area contributed by atoms with Crippen LogP contribution in [0.3, 0.4) is 0 Å². The Morgan fingerprint density at radius 2 is 2.00 bits per heavy atom. The van der Waals surface area contributed by atoms with Gasteiger partial charge in [-0.3, -0.25) is 0 Å². The molecule has 90 valence electrons. The van der Waals surface area contributed by atoms with E-state index < -0.39 is 0 Å². The van der Waals surface area contributed by atoms with Crippen molar-refractivity contribution in [1.82, 2.24) is 0 Å². The van der Waals surface area contributed by atoms with Crippen LogP contribution < -0.4 is 0 Å². The summed E-state index contributed by atoms with van der Waals surface area (Å²) in [5.41, 5.74) is 1.28. The van der Waals surface area contributed by atoms with Gasteiger partial charge in [0.2, 0.25) is 0 Å². The van der Waals surface area contributed by atoms with Crippen molar-refractivity contribution in [3.63, 3.8) is 0 Å². The van der Waals surface area contributed by atoms with E-state index in [1.165, 1.54) is 10.4 Å². The normalized spacial score (nSPS) is 12.6. The summed E-state index contributed by atoms with van der Waals surface area (Å²) in [6, 6.07) is 10.5. The van der Waals surface area contributed by atoms with Crippen molar-refractivity contribution in [1.29, 1.82) is 0 Å². The van der Waals surface area contributed by atoms with E-state index in [1.54, 1.807) is 11.3 Å². The van der Waals surface area contributed by atoms with Crippen LogP contribution in [0.1, 0.15) is 16.4 Å². The Hall–Kier alpha value is 0.170. The van der Waals surface area contributed by atoms with Crippen molar-refractivity contribution >= 4 is 54.8 Å². The molecule has 0 nitrogen and oxygen atoms in total. The first kappa shape index (κ1) is 13.6. The topological polar surface area (TPSA) is 0 Å². The number of alkyl halides is 1. The van der Waals surface area contributed by atoms with E-state index in [2.05, 4.69) is 61.5 Å². The highest BCUT2D eigenvalue weighted by Gasteiger charge is 2.14. The summed E-state index contributed by atoms with van der Waals surface area (Å²) in [5, 5.41) is 2.11. The molecular formula is C13H11Br2ClS. The molecule has 2 aromatic rings. The predicted octanol–water partition coefficient (Wildman–Crippen LogP) is 5.84.